The zero-order valence-electron chi connectivity index (χ0n) is 9.09. The number of Topliss-reactive ketones (excluding diaryl/α,β-unsaturated/α-hetero) is 1. The fourth-order valence-corrected chi connectivity index (χ4v) is 1.61. The second-order valence-electron chi connectivity index (χ2n) is 3.73. The van der Waals surface area contributed by atoms with Crippen LogP contribution in [0, 0.1) is 0 Å². The number of rotatable bonds is 4. The van der Waals surface area contributed by atoms with E-state index >= 15 is 0 Å². The quantitative estimate of drug-likeness (QED) is 0.817. The molecule has 0 spiro atoms. The Bertz CT molecular complexity index is 578. The second kappa shape index (κ2) is 4.74. The summed E-state index contributed by atoms with van der Waals surface area (Å²) in [7, 11) is 0. The first-order chi connectivity index (χ1) is 8.16. The number of carbonyl (C=O) groups is 2. The van der Waals surface area contributed by atoms with E-state index in [1.54, 1.807) is 30.5 Å². The van der Waals surface area contributed by atoms with Crippen LogP contribution in [0.1, 0.15) is 23.2 Å². The van der Waals surface area contributed by atoms with E-state index in [1.165, 1.54) is 0 Å². The van der Waals surface area contributed by atoms with Crippen molar-refractivity contribution < 1.29 is 14.7 Å². The van der Waals surface area contributed by atoms with Gasteiger partial charge in [0.1, 0.15) is 0 Å². The Balaban J connectivity index is 2.24. The van der Waals surface area contributed by atoms with Gasteiger partial charge in [0.2, 0.25) is 0 Å². The maximum absolute atomic E-state index is 11.7. The van der Waals surface area contributed by atoms with E-state index in [0.29, 0.717) is 5.56 Å². The van der Waals surface area contributed by atoms with Crippen LogP contribution in [0.15, 0.2) is 36.5 Å². The van der Waals surface area contributed by atoms with Crippen LogP contribution in [0.25, 0.3) is 10.9 Å². The van der Waals surface area contributed by atoms with Gasteiger partial charge in [0.15, 0.2) is 5.78 Å². The highest BCUT2D eigenvalue weighted by Crippen LogP contribution is 2.15. The molecule has 0 unspecified atom stereocenters. The topological polar surface area (TPSA) is 67.3 Å². The number of carboxylic acid groups (broad SMARTS) is 1. The lowest BCUT2D eigenvalue weighted by Crippen LogP contribution is -2.03. The molecule has 0 saturated heterocycles. The van der Waals surface area contributed by atoms with Gasteiger partial charge >= 0.3 is 5.97 Å². The molecule has 17 heavy (non-hydrogen) atoms. The summed E-state index contributed by atoms with van der Waals surface area (Å²) in [4.78, 5) is 26.2. The second-order valence-corrected chi connectivity index (χ2v) is 3.73. The van der Waals surface area contributed by atoms with Crippen molar-refractivity contribution in [2.75, 3.05) is 0 Å². The molecule has 4 heteroatoms. The van der Waals surface area contributed by atoms with Crippen molar-refractivity contribution in [2.45, 2.75) is 12.8 Å². The van der Waals surface area contributed by atoms with E-state index in [-0.39, 0.29) is 18.6 Å². The molecule has 0 aliphatic rings. The number of carboxylic acids is 1. The number of ketones is 1. The molecule has 1 heterocycles. The van der Waals surface area contributed by atoms with Crippen LogP contribution in [0.3, 0.4) is 0 Å². The molecule has 0 radical (unpaired) electrons. The fourth-order valence-electron chi connectivity index (χ4n) is 1.61. The van der Waals surface area contributed by atoms with Gasteiger partial charge in [0, 0.05) is 23.6 Å². The van der Waals surface area contributed by atoms with Crippen molar-refractivity contribution in [3.8, 4) is 0 Å². The molecule has 4 nitrogen and oxygen atoms in total. The largest absolute Gasteiger partial charge is 0.481 e. The van der Waals surface area contributed by atoms with Crippen molar-refractivity contribution in [1.82, 2.24) is 4.98 Å². The van der Waals surface area contributed by atoms with Crippen LogP contribution in [0.5, 0.6) is 0 Å². The fraction of sp³-hybridized carbons (Fsp3) is 0.154. The van der Waals surface area contributed by atoms with E-state index in [4.69, 9.17) is 5.11 Å². The maximum Gasteiger partial charge on any atom is 0.303 e. The molecule has 0 bridgehead atoms. The molecular formula is C13H11NO3. The first-order valence-electron chi connectivity index (χ1n) is 5.26. The zero-order valence-corrected chi connectivity index (χ0v) is 9.09. The van der Waals surface area contributed by atoms with Crippen LogP contribution in [-0.4, -0.2) is 21.8 Å². The summed E-state index contributed by atoms with van der Waals surface area (Å²) in [5, 5.41) is 9.40. The molecule has 0 aliphatic carbocycles. The van der Waals surface area contributed by atoms with E-state index in [0.717, 1.165) is 10.9 Å². The van der Waals surface area contributed by atoms with Gasteiger partial charge in [-0.3, -0.25) is 14.6 Å². The monoisotopic (exact) mass is 229 g/mol. The predicted molar refractivity (Wildman–Crippen MR) is 62.9 cm³/mol. The number of hydrogen-bond acceptors (Lipinski definition) is 3. The Hall–Kier alpha value is -2.23. The molecule has 1 N–H and O–H groups in total. The molecule has 2 aromatic rings. The molecule has 0 atom stereocenters. The van der Waals surface area contributed by atoms with Gasteiger partial charge in [0.25, 0.3) is 0 Å². The Kier molecular flexibility index (Phi) is 3.14. The minimum Gasteiger partial charge on any atom is -0.481 e. The third-order valence-corrected chi connectivity index (χ3v) is 2.49. The highest BCUT2D eigenvalue weighted by molar-refractivity contribution is 6.00. The average Bonchev–Trinajstić information content (AvgIpc) is 2.35. The van der Waals surface area contributed by atoms with Crippen LogP contribution < -0.4 is 0 Å². The van der Waals surface area contributed by atoms with Gasteiger partial charge in [-0.2, -0.15) is 0 Å². The first-order valence-corrected chi connectivity index (χ1v) is 5.26. The van der Waals surface area contributed by atoms with E-state index in [2.05, 4.69) is 4.98 Å². The number of aliphatic carboxylic acids is 1. The molecule has 0 fully saturated rings. The maximum atomic E-state index is 11.7. The van der Waals surface area contributed by atoms with Gasteiger partial charge in [-0.05, 0) is 24.3 Å². The Morgan fingerprint density at radius 3 is 2.76 bits per heavy atom. The summed E-state index contributed by atoms with van der Waals surface area (Å²) in [6, 6.07) is 8.86. The smallest absolute Gasteiger partial charge is 0.303 e. The number of pyridine rings is 1. The summed E-state index contributed by atoms with van der Waals surface area (Å²) in [6.45, 7) is 0. The van der Waals surface area contributed by atoms with Gasteiger partial charge in [0.05, 0.1) is 11.9 Å². The van der Waals surface area contributed by atoms with Crippen LogP contribution in [0.2, 0.25) is 0 Å². The van der Waals surface area contributed by atoms with Crippen LogP contribution >= 0.6 is 0 Å². The predicted octanol–water partition coefficient (Wildman–Crippen LogP) is 2.28. The van der Waals surface area contributed by atoms with Crippen molar-refractivity contribution >= 4 is 22.7 Å². The van der Waals surface area contributed by atoms with Gasteiger partial charge in [-0.1, -0.05) is 6.07 Å². The summed E-state index contributed by atoms with van der Waals surface area (Å²) in [5.74, 6) is -1.11. The Morgan fingerprint density at radius 2 is 2.00 bits per heavy atom. The minimum absolute atomic E-state index is 0.0289. The molecule has 0 aliphatic heterocycles. The van der Waals surface area contributed by atoms with Crippen molar-refractivity contribution in [2.24, 2.45) is 0 Å². The van der Waals surface area contributed by atoms with Crippen LogP contribution in [-0.2, 0) is 4.79 Å². The van der Waals surface area contributed by atoms with Crippen molar-refractivity contribution in [3.05, 3.63) is 42.1 Å². The molecule has 0 amide bonds. The molecule has 2 rings (SSSR count). The van der Waals surface area contributed by atoms with E-state index in [1.807, 2.05) is 6.07 Å². The zero-order chi connectivity index (χ0) is 12.3. The summed E-state index contributed by atoms with van der Waals surface area (Å²) in [5.41, 5.74) is 1.36. The van der Waals surface area contributed by atoms with Gasteiger partial charge in [-0.15, -0.1) is 0 Å². The van der Waals surface area contributed by atoms with Gasteiger partial charge in [-0.25, -0.2) is 0 Å². The SMILES string of the molecule is O=C(O)CCC(=O)c1ccc2ncccc2c1. The van der Waals surface area contributed by atoms with Crippen molar-refractivity contribution in [3.63, 3.8) is 0 Å². The molecular weight excluding hydrogens is 218 g/mol. The molecule has 86 valence electrons. The molecule has 0 saturated carbocycles. The van der Waals surface area contributed by atoms with Crippen molar-refractivity contribution in [1.29, 1.82) is 0 Å². The molecule has 1 aromatic carbocycles. The number of carbonyl (C=O) groups excluding carboxylic acids is 1. The first kappa shape index (κ1) is 11.3. The summed E-state index contributed by atoms with van der Waals surface area (Å²) >= 11 is 0. The number of aromatic nitrogens is 1. The summed E-state index contributed by atoms with van der Waals surface area (Å²) < 4.78 is 0. The highest BCUT2D eigenvalue weighted by atomic mass is 16.4. The number of fused-ring (bicyclic) bond motifs is 1. The Morgan fingerprint density at radius 1 is 1.18 bits per heavy atom. The average molecular weight is 229 g/mol. The number of nitrogens with zero attached hydrogens (tertiary/aromatic N) is 1. The normalized spacial score (nSPS) is 10.4. The summed E-state index contributed by atoms with van der Waals surface area (Å²) in [6.07, 6.45) is 1.58. The van der Waals surface area contributed by atoms with Crippen LogP contribution in [0.4, 0.5) is 0 Å². The lowest BCUT2D eigenvalue weighted by Gasteiger charge is -2.01. The van der Waals surface area contributed by atoms with E-state index in [9.17, 15) is 9.59 Å². The number of benzene rings is 1. The third kappa shape index (κ3) is 2.66. The Labute approximate surface area is 97.9 Å². The third-order valence-electron chi connectivity index (χ3n) is 2.49. The lowest BCUT2D eigenvalue weighted by atomic mass is 10.0. The molecule has 1 aromatic heterocycles. The van der Waals surface area contributed by atoms with E-state index < -0.39 is 5.97 Å². The number of hydrogen-bond donors (Lipinski definition) is 1. The highest BCUT2D eigenvalue weighted by Gasteiger charge is 2.08. The minimum atomic E-state index is -0.958. The van der Waals surface area contributed by atoms with Gasteiger partial charge < -0.3 is 5.11 Å². The lowest BCUT2D eigenvalue weighted by molar-refractivity contribution is -0.136. The standard InChI is InChI=1S/C13H11NO3/c15-12(5-6-13(16)17)10-3-4-11-9(8-10)2-1-7-14-11/h1-4,7-8H,5-6H2,(H,16,17).